The van der Waals surface area contributed by atoms with E-state index >= 15 is 0 Å². The highest BCUT2D eigenvalue weighted by molar-refractivity contribution is 7.26. The summed E-state index contributed by atoms with van der Waals surface area (Å²) in [5.41, 5.74) is 1.98. The number of hydrogen-bond donors (Lipinski definition) is 0. The molecule has 5 heterocycles. The number of hydrogen-bond acceptors (Lipinski definition) is 7. The standard InChI is InChI=1S/C22H11ClN2S2.C10H4Cl2N2S/c23-22-24-20(19-14-6-2-4-8-17(14)27-21(19)25-22)12-9-10-18-15(11-12)13-5-1-3-7-16(13)26-18;11-8-7-5-3-1-2-4-6(5)15-9(7)14-10(12)13-8/h1-11H;1-4H. The molecule has 4 nitrogen and oxygen atoms in total. The van der Waals surface area contributed by atoms with Gasteiger partial charge in [-0.15, -0.1) is 34.0 Å². The molecule has 0 aliphatic carbocycles. The van der Waals surface area contributed by atoms with Crippen molar-refractivity contribution in [1.29, 1.82) is 0 Å². The first-order chi connectivity index (χ1) is 20.5. The van der Waals surface area contributed by atoms with Gasteiger partial charge >= 0.3 is 0 Å². The number of thiophene rings is 3. The molecule has 4 aromatic carbocycles. The van der Waals surface area contributed by atoms with Crippen molar-refractivity contribution in [2.45, 2.75) is 0 Å². The molecule has 0 bridgehead atoms. The minimum Gasteiger partial charge on any atom is -0.217 e. The normalized spacial score (nSPS) is 11.7. The maximum atomic E-state index is 6.28. The average Bonchev–Trinajstić information content (AvgIpc) is 3.67. The van der Waals surface area contributed by atoms with E-state index in [1.807, 2.05) is 35.6 Å². The van der Waals surface area contributed by atoms with Crippen LogP contribution in [0.1, 0.15) is 0 Å². The van der Waals surface area contributed by atoms with Gasteiger partial charge < -0.3 is 0 Å². The fourth-order valence-electron chi connectivity index (χ4n) is 5.24. The molecular weight excluding hydrogens is 643 g/mol. The summed E-state index contributed by atoms with van der Waals surface area (Å²) in [6, 6.07) is 31.5. The second-order valence-corrected chi connectivity index (χ2v) is 13.7. The average molecular weight is 658 g/mol. The van der Waals surface area contributed by atoms with Gasteiger partial charge in [0.15, 0.2) is 0 Å². The molecule has 0 amide bonds. The topological polar surface area (TPSA) is 51.6 Å². The number of nitrogens with zero attached hydrogens (tertiary/aromatic N) is 4. The van der Waals surface area contributed by atoms with Crippen LogP contribution in [0.4, 0.5) is 0 Å². The van der Waals surface area contributed by atoms with Gasteiger partial charge in [0.1, 0.15) is 14.8 Å². The second kappa shape index (κ2) is 10.4. The molecule has 0 aliphatic rings. The second-order valence-electron chi connectivity index (χ2n) is 9.49. The predicted octanol–water partition coefficient (Wildman–Crippen LogP) is 11.7. The van der Waals surface area contributed by atoms with Crippen LogP contribution in [0.2, 0.25) is 15.7 Å². The molecule has 0 spiro atoms. The summed E-state index contributed by atoms with van der Waals surface area (Å²) >= 11 is 23.1. The van der Waals surface area contributed by atoms with Crippen LogP contribution in [0.25, 0.3) is 72.0 Å². The third-order valence-electron chi connectivity index (χ3n) is 7.03. The van der Waals surface area contributed by atoms with Gasteiger partial charge in [0, 0.05) is 51.3 Å². The van der Waals surface area contributed by atoms with Gasteiger partial charge in [-0.1, -0.05) is 72.3 Å². The van der Waals surface area contributed by atoms with Crippen molar-refractivity contribution >= 4 is 130 Å². The Bertz CT molecular complexity index is 2480. The van der Waals surface area contributed by atoms with Crippen molar-refractivity contribution in [3.05, 3.63) is 107 Å². The summed E-state index contributed by atoms with van der Waals surface area (Å²) in [5, 5.41) is 7.68. The lowest BCUT2D eigenvalue weighted by Gasteiger charge is -2.05. The molecule has 0 saturated carbocycles. The van der Waals surface area contributed by atoms with Crippen LogP contribution in [0.5, 0.6) is 0 Å². The van der Waals surface area contributed by atoms with Crippen LogP contribution in [0.3, 0.4) is 0 Å². The number of aromatic nitrogens is 4. The SMILES string of the molecule is Clc1nc(-c2ccc3sc4ccccc4c3c2)c2c(n1)sc1ccccc12.Clc1nc(Cl)c2c(n1)sc1ccccc12. The molecule has 42 heavy (non-hydrogen) atoms. The Morgan fingerprint density at radius 1 is 0.452 bits per heavy atom. The van der Waals surface area contributed by atoms with E-state index in [4.69, 9.17) is 34.8 Å². The molecule has 0 N–H and O–H groups in total. The summed E-state index contributed by atoms with van der Waals surface area (Å²) < 4.78 is 4.93. The predicted molar refractivity (Wildman–Crippen MR) is 183 cm³/mol. The van der Waals surface area contributed by atoms with Crippen LogP contribution < -0.4 is 0 Å². The molecule has 5 aromatic heterocycles. The number of halogens is 3. The Morgan fingerprint density at radius 3 is 1.67 bits per heavy atom. The van der Waals surface area contributed by atoms with Crippen LogP contribution in [-0.4, -0.2) is 19.9 Å². The van der Waals surface area contributed by atoms with Crippen molar-refractivity contribution in [1.82, 2.24) is 19.9 Å². The van der Waals surface area contributed by atoms with Crippen molar-refractivity contribution in [2.24, 2.45) is 0 Å². The molecule has 10 heteroatoms. The van der Waals surface area contributed by atoms with Crippen molar-refractivity contribution < 1.29 is 0 Å². The largest absolute Gasteiger partial charge is 0.225 e. The van der Waals surface area contributed by atoms with Gasteiger partial charge in [-0.05, 0) is 53.5 Å². The zero-order valence-electron chi connectivity index (χ0n) is 21.3. The molecule has 0 fully saturated rings. The summed E-state index contributed by atoms with van der Waals surface area (Å²) in [6.45, 7) is 0. The van der Waals surface area contributed by atoms with Gasteiger partial charge in [-0.25, -0.2) is 19.9 Å². The van der Waals surface area contributed by atoms with E-state index in [2.05, 4.69) is 86.7 Å². The van der Waals surface area contributed by atoms with Gasteiger partial charge in [0.25, 0.3) is 0 Å². The molecule has 9 rings (SSSR count). The summed E-state index contributed by atoms with van der Waals surface area (Å²) in [6.07, 6.45) is 0. The lowest BCUT2D eigenvalue weighted by molar-refractivity contribution is 1.24. The van der Waals surface area contributed by atoms with Crippen molar-refractivity contribution in [3.63, 3.8) is 0 Å². The van der Waals surface area contributed by atoms with Crippen LogP contribution in [0.15, 0.2) is 91.0 Å². The maximum absolute atomic E-state index is 6.28. The van der Waals surface area contributed by atoms with Crippen molar-refractivity contribution in [2.75, 3.05) is 0 Å². The van der Waals surface area contributed by atoms with Gasteiger partial charge in [-0.2, -0.15) is 0 Å². The van der Waals surface area contributed by atoms with E-state index < -0.39 is 0 Å². The fourth-order valence-corrected chi connectivity index (χ4v) is 9.28. The van der Waals surface area contributed by atoms with E-state index in [0.29, 0.717) is 10.4 Å². The number of rotatable bonds is 1. The number of benzene rings is 4. The minimum absolute atomic E-state index is 0.194. The van der Waals surface area contributed by atoms with E-state index in [-0.39, 0.29) is 5.28 Å². The summed E-state index contributed by atoms with van der Waals surface area (Å²) in [7, 11) is 0. The quantitative estimate of drug-likeness (QED) is 0.130. The zero-order chi connectivity index (χ0) is 28.4. The van der Waals surface area contributed by atoms with Crippen LogP contribution in [-0.2, 0) is 0 Å². The van der Waals surface area contributed by atoms with E-state index in [1.165, 1.54) is 30.3 Å². The molecule has 0 unspecified atom stereocenters. The lowest BCUT2D eigenvalue weighted by Crippen LogP contribution is -1.89. The Morgan fingerprint density at radius 2 is 0.976 bits per heavy atom. The first kappa shape index (κ1) is 26.2. The number of fused-ring (bicyclic) bond motifs is 9. The molecule has 0 aliphatic heterocycles. The van der Waals surface area contributed by atoms with Crippen LogP contribution >= 0.6 is 68.8 Å². The van der Waals surface area contributed by atoms with Crippen LogP contribution in [0, 0.1) is 0 Å². The van der Waals surface area contributed by atoms with Gasteiger partial charge in [0.2, 0.25) is 10.6 Å². The molecule has 0 atom stereocenters. The molecule has 202 valence electrons. The van der Waals surface area contributed by atoms with E-state index in [9.17, 15) is 0 Å². The Kier molecular flexibility index (Phi) is 6.48. The summed E-state index contributed by atoms with van der Waals surface area (Å²) in [5.74, 6) is 0. The highest BCUT2D eigenvalue weighted by atomic mass is 35.5. The summed E-state index contributed by atoms with van der Waals surface area (Å²) in [4.78, 5) is 19.0. The third-order valence-corrected chi connectivity index (χ3v) is 10.9. The smallest absolute Gasteiger partial charge is 0.217 e. The Hall–Kier alpha value is -3.43. The monoisotopic (exact) mass is 656 g/mol. The molecule has 0 radical (unpaired) electrons. The molecular formula is C32H15Cl3N4S3. The fraction of sp³-hybridized carbons (Fsp3) is 0. The van der Waals surface area contributed by atoms with Gasteiger partial charge in [0.05, 0.1) is 11.1 Å². The lowest BCUT2D eigenvalue weighted by atomic mass is 10.0. The zero-order valence-corrected chi connectivity index (χ0v) is 26.0. The third kappa shape index (κ3) is 4.40. The molecule has 0 saturated heterocycles. The minimum atomic E-state index is 0.194. The van der Waals surface area contributed by atoms with Crippen molar-refractivity contribution in [3.8, 4) is 11.3 Å². The first-order valence-corrected chi connectivity index (χ1v) is 16.4. The first-order valence-electron chi connectivity index (χ1n) is 12.8. The molecule has 9 aromatic rings. The maximum Gasteiger partial charge on any atom is 0.225 e. The van der Waals surface area contributed by atoms with E-state index in [1.54, 1.807) is 22.7 Å². The van der Waals surface area contributed by atoms with E-state index in [0.717, 1.165) is 41.8 Å². The Balaban J connectivity index is 0.000000150. The Labute approximate surface area is 265 Å². The highest BCUT2D eigenvalue weighted by Crippen LogP contribution is 2.41. The van der Waals surface area contributed by atoms with Gasteiger partial charge in [-0.3, -0.25) is 0 Å². The highest BCUT2D eigenvalue weighted by Gasteiger charge is 2.16.